The van der Waals surface area contributed by atoms with Crippen LogP contribution in [0, 0.1) is 5.82 Å². The number of fused-ring (bicyclic) bond motifs is 2. The van der Waals surface area contributed by atoms with Crippen LogP contribution in [0.4, 0.5) is 4.39 Å². The minimum atomic E-state index is -0.343. The number of furan rings is 1. The van der Waals surface area contributed by atoms with Crippen LogP contribution < -0.4 is 5.32 Å². The number of hydrogen-bond donors (Lipinski definition) is 2. The number of aromatic amines is 1. The van der Waals surface area contributed by atoms with Gasteiger partial charge in [0.2, 0.25) is 5.91 Å². The van der Waals surface area contributed by atoms with E-state index in [0.29, 0.717) is 29.6 Å². The predicted molar refractivity (Wildman–Crippen MR) is 97.1 cm³/mol. The lowest BCUT2D eigenvalue weighted by molar-refractivity contribution is -0.121. The number of amides is 1. The monoisotopic (exact) mass is 351 g/mol. The van der Waals surface area contributed by atoms with E-state index in [1.54, 1.807) is 18.2 Å². The van der Waals surface area contributed by atoms with Crippen molar-refractivity contribution < 1.29 is 13.6 Å². The molecule has 1 unspecified atom stereocenters. The number of carbonyl (C=O) groups is 1. The molecule has 5 nitrogen and oxygen atoms in total. The summed E-state index contributed by atoms with van der Waals surface area (Å²) < 4.78 is 19.4. The van der Waals surface area contributed by atoms with E-state index >= 15 is 0 Å². The quantitative estimate of drug-likeness (QED) is 0.564. The lowest BCUT2D eigenvalue weighted by atomic mass is 10.2. The highest BCUT2D eigenvalue weighted by molar-refractivity contribution is 5.80. The summed E-state index contributed by atoms with van der Waals surface area (Å²) in [6.07, 6.45) is 0.820. The maximum absolute atomic E-state index is 13.8. The molecule has 0 saturated carbocycles. The van der Waals surface area contributed by atoms with Crippen molar-refractivity contribution in [2.45, 2.75) is 25.8 Å². The Morgan fingerprint density at radius 2 is 2.12 bits per heavy atom. The minimum absolute atomic E-state index is 0.112. The third-order valence-electron chi connectivity index (χ3n) is 4.36. The van der Waals surface area contributed by atoms with Crippen molar-refractivity contribution in [1.29, 1.82) is 0 Å². The summed E-state index contributed by atoms with van der Waals surface area (Å²) in [5, 5.41) is 3.31. The number of H-pyrrole nitrogens is 1. The Kier molecular flexibility index (Phi) is 4.16. The van der Waals surface area contributed by atoms with Crippen molar-refractivity contribution in [1.82, 2.24) is 15.3 Å². The zero-order valence-corrected chi connectivity index (χ0v) is 14.3. The molecule has 4 rings (SSSR count). The molecule has 4 aromatic rings. The molecular weight excluding hydrogens is 333 g/mol. The van der Waals surface area contributed by atoms with E-state index in [9.17, 15) is 9.18 Å². The van der Waals surface area contributed by atoms with Gasteiger partial charge in [0.15, 0.2) is 0 Å². The van der Waals surface area contributed by atoms with Crippen molar-refractivity contribution in [3.63, 3.8) is 0 Å². The fourth-order valence-electron chi connectivity index (χ4n) is 3.00. The highest BCUT2D eigenvalue weighted by Crippen LogP contribution is 2.25. The van der Waals surface area contributed by atoms with Crippen LogP contribution in [-0.2, 0) is 11.2 Å². The number of halogens is 1. The van der Waals surface area contributed by atoms with Crippen LogP contribution in [0.2, 0.25) is 0 Å². The number of nitrogens with zero attached hydrogens (tertiary/aromatic N) is 1. The first-order valence-corrected chi connectivity index (χ1v) is 8.51. The Bertz CT molecular complexity index is 1050. The Morgan fingerprint density at radius 3 is 2.92 bits per heavy atom. The third kappa shape index (κ3) is 3.18. The van der Waals surface area contributed by atoms with Crippen molar-refractivity contribution in [3.8, 4) is 0 Å². The molecule has 0 bridgehead atoms. The molecule has 0 saturated heterocycles. The fraction of sp³-hybridized carbons (Fsp3) is 0.200. The SMILES string of the molecule is CC(NC(=O)CCc1nc2ccccc2[nH]1)c1cc2c(F)cccc2o1. The second-order valence-corrected chi connectivity index (χ2v) is 6.29. The summed E-state index contributed by atoms with van der Waals surface area (Å²) in [6.45, 7) is 1.81. The second kappa shape index (κ2) is 6.63. The zero-order chi connectivity index (χ0) is 18.1. The summed E-state index contributed by atoms with van der Waals surface area (Å²) in [5.74, 6) is 0.863. The van der Waals surface area contributed by atoms with Gasteiger partial charge in [0.25, 0.3) is 0 Å². The first kappa shape index (κ1) is 16.3. The molecule has 132 valence electrons. The van der Waals surface area contributed by atoms with E-state index in [2.05, 4.69) is 15.3 Å². The topological polar surface area (TPSA) is 70.9 Å². The van der Waals surface area contributed by atoms with Gasteiger partial charge >= 0.3 is 0 Å². The van der Waals surface area contributed by atoms with Crippen LogP contribution in [-0.4, -0.2) is 15.9 Å². The van der Waals surface area contributed by atoms with Crippen LogP contribution in [0.25, 0.3) is 22.0 Å². The summed E-state index contributed by atoms with van der Waals surface area (Å²) in [6, 6.07) is 13.7. The molecular formula is C20H18FN3O2. The van der Waals surface area contributed by atoms with E-state index in [-0.39, 0.29) is 17.8 Å². The number of carbonyl (C=O) groups excluding carboxylic acids is 1. The summed E-state index contributed by atoms with van der Waals surface area (Å²) >= 11 is 0. The molecule has 2 N–H and O–H groups in total. The van der Waals surface area contributed by atoms with Crippen LogP contribution in [0.5, 0.6) is 0 Å². The van der Waals surface area contributed by atoms with Gasteiger partial charge in [-0.05, 0) is 37.3 Å². The van der Waals surface area contributed by atoms with Gasteiger partial charge in [0.1, 0.15) is 23.0 Å². The van der Waals surface area contributed by atoms with Crippen molar-refractivity contribution >= 4 is 27.9 Å². The molecule has 2 aromatic carbocycles. The number of aryl methyl sites for hydroxylation is 1. The number of nitrogens with one attached hydrogen (secondary N) is 2. The molecule has 0 fully saturated rings. The van der Waals surface area contributed by atoms with E-state index < -0.39 is 0 Å². The molecule has 0 aliphatic rings. The van der Waals surface area contributed by atoms with Gasteiger partial charge in [-0.2, -0.15) is 0 Å². The van der Waals surface area contributed by atoms with E-state index in [4.69, 9.17) is 4.42 Å². The Labute approximate surface area is 149 Å². The number of imidazole rings is 1. The maximum atomic E-state index is 13.8. The second-order valence-electron chi connectivity index (χ2n) is 6.29. The number of para-hydroxylation sites is 2. The average molecular weight is 351 g/mol. The average Bonchev–Trinajstić information content (AvgIpc) is 3.24. The lowest BCUT2D eigenvalue weighted by Gasteiger charge is -2.10. The van der Waals surface area contributed by atoms with Gasteiger partial charge in [-0.25, -0.2) is 9.37 Å². The van der Waals surface area contributed by atoms with E-state index in [0.717, 1.165) is 16.9 Å². The smallest absolute Gasteiger partial charge is 0.221 e. The van der Waals surface area contributed by atoms with Crippen molar-refractivity contribution in [2.24, 2.45) is 0 Å². The summed E-state index contributed by atoms with van der Waals surface area (Å²) in [5.41, 5.74) is 2.32. The molecule has 2 aromatic heterocycles. The molecule has 2 heterocycles. The van der Waals surface area contributed by atoms with E-state index in [1.807, 2.05) is 31.2 Å². The van der Waals surface area contributed by atoms with Crippen LogP contribution in [0.3, 0.4) is 0 Å². The number of benzene rings is 2. The first-order valence-electron chi connectivity index (χ1n) is 8.51. The zero-order valence-electron chi connectivity index (χ0n) is 14.3. The van der Waals surface area contributed by atoms with Gasteiger partial charge < -0.3 is 14.7 Å². The number of hydrogen-bond acceptors (Lipinski definition) is 3. The van der Waals surface area contributed by atoms with Gasteiger partial charge in [0, 0.05) is 12.8 Å². The third-order valence-corrected chi connectivity index (χ3v) is 4.36. The Morgan fingerprint density at radius 1 is 1.27 bits per heavy atom. The Balaban J connectivity index is 1.39. The van der Waals surface area contributed by atoms with Gasteiger partial charge in [-0.1, -0.05) is 18.2 Å². The molecule has 0 spiro atoms. The number of aromatic nitrogens is 2. The molecule has 0 aliphatic heterocycles. The highest BCUT2D eigenvalue weighted by atomic mass is 19.1. The molecule has 1 atom stereocenters. The lowest BCUT2D eigenvalue weighted by Crippen LogP contribution is -2.26. The molecule has 26 heavy (non-hydrogen) atoms. The minimum Gasteiger partial charge on any atom is -0.459 e. The van der Waals surface area contributed by atoms with Crippen LogP contribution in [0.15, 0.2) is 52.9 Å². The van der Waals surface area contributed by atoms with Gasteiger partial charge in [0.05, 0.1) is 22.5 Å². The largest absolute Gasteiger partial charge is 0.459 e. The molecule has 0 aliphatic carbocycles. The first-order chi connectivity index (χ1) is 12.6. The van der Waals surface area contributed by atoms with Crippen molar-refractivity contribution in [2.75, 3.05) is 0 Å². The normalized spacial score (nSPS) is 12.5. The van der Waals surface area contributed by atoms with Crippen LogP contribution in [0.1, 0.15) is 31.0 Å². The molecule has 6 heteroatoms. The van der Waals surface area contributed by atoms with E-state index in [1.165, 1.54) is 6.07 Å². The van der Waals surface area contributed by atoms with Gasteiger partial charge in [-0.3, -0.25) is 4.79 Å². The van der Waals surface area contributed by atoms with Crippen molar-refractivity contribution in [3.05, 3.63) is 65.9 Å². The molecule has 0 radical (unpaired) electrons. The van der Waals surface area contributed by atoms with Gasteiger partial charge in [-0.15, -0.1) is 0 Å². The predicted octanol–water partition coefficient (Wildman–Crippen LogP) is 4.26. The summed E-state index contributed by atoms with van der Waals surface area (Å²) in [7, 11) is 0. The van der Waals surface area contributed by atoms with Crippen LogP contribution >= 0.6 is 0 Å². The standard InChI is InChI=1S/C20H18FN3O2/c1-12(18-11-13-14(21)5-4-8-17(13)26-18)22-20(25)10-9-19-23-15-6-2-3-7-16(15)24-19/h2-8,11-12H,9-10H2,1H3,(H,22,25)(H,23,24). The Hall–Kier alpha value is -3.15. The maximum Gasteiger partial charge on any atom is 0.221 e. The summed E-state index contributed by atoms with van der Waals surface area (Å²) in [4.78, 5) is 19.9. The molecule has 1 amide bonds. The highest BCUT2D eigenvalue weighted by Gasteiger charge is 2.16. The fourth-order valence-corrected chi connectivity index (χ4v) is 3.00. The number of rotatable bonds is 5.